The van der Waals surface area contributed by atoms with Gasteiger partial charge in [0, 0.05) is 30.5 Å². The first kappa shape index (κ1) is 26.1. The summed E-state index contributed by atoms with van der Waals surface area (Å²) in [6, 6.07) is 18.3. The Bertz CT molecular complexity index is 1360. The Hall–Kier alpha value is -3.97. The normalized spacial score (nSPS) is 16.8. The summed E-state index contributed by atoms with van der Waals surface area (Å²) in [5, 5.41) is 11.8. The van der Waals surface area contributed by atoms with E-state index in [1.165, 1.54) is 18.1 Å². The maximum Gasteiger partial charge on any atom is 0.300 e. The fraction of sp³-hybridized carbons (Fsp3) is 0.241. The maximum atomic E-state index is 13.5. The molecule has 1 fully saturated rings. The number of nitrogens with zero attached hydrogens (tertiary/aromatic N) is 2. The van der Waals surface area contributed by atoms with Crippen molar-refractivity contribution in [2.75, 3.05) is 31.0 Å². The molecule has 3 aromatic carbocycles. The van der Waals surface area contributed by atoms with Crippen LogP contribution in [0.25, 0.3) is 5.76 Å². The summed E-state index contributed by atoms with van der Waals surface area (Å²) >= 11 is 6.21. The molecular weight excluding hydrogens is 492 g/mol. The molecule has 1 atom stereocenters. The van der Waals surface area contributed by atoms with Crippen LogP contribution < -0.4 is 19.3 Å². The van der Waals surface area contributed by atoms with Crippen LogP contribution in [-0.2, 0) is 9.59 Å². The zero-order chi connectivity index (χ0) is 26.9. The van der Waals surface area contributed by atoms with Gasteiger partial charge in [0.05, 0.1) is 30.4 Å². The molecule has 1 aliphatic heterocycles. The molecule has 1 N–H and O–H groups in total. The maximum absolute atomic E-state index is 13.5. The van der Waals surface area contributed by atoms with Crippen molar-refractivity contribution in [1.29, 1.82) is 0 Å². The third kappa shape index (κ3) is 5.13. The van der Waals surface area contributed by atoms with Gasteiger partial charge in [0.1, 0.15) is 17.3 Å². The average Bonchev–Trinajstić information content (AvgIpc) is 3.13. The van der Waals surface area contributed by atoms with Crippen molar-refractivity contribution in [3.63, 3.8) is 0 Å². The standard InChI is InChI=1S/C29H29ClN2O5/c1-17(2)37-22-8-6-7-18(15-22)26-25(27(33)23-16-19(30)9-14-24(23)36-5)28(34)29(35)32(26)21-12-10-20(11-13-21)31(3)4/h6-17,26,33H,1-5H3/b27-25+. The molecule has 0 aromatic heterocycles. The quantitative estimate of drug-likeness (QED) is 0.240. The lowest BCUT2D eigenvalue weighted by molar-refractivity contribution is -0.132. The number of carbonyl (C=O) groups excluding carboxylic acids is 2. The molecule has 0 bridgehead atoms. The molecule has 1 aliphatic rings. The molecule has 0 saturated carbocycles. The second kappa shape index (κ2) is 10.6. The number of anilines is 2. The molecule has 0 spiro atoms. The van der Waals surface area contributed by atoms with Crippen LogP contribution in [0.5, 0.6) is 11.5 Å². The van der Waals surface area contributed by atoms with Gasteiger partial charge in [-0.25, -0.2) is 0 Å². The highest BCUT2D eigenvalue weighted by atomic mass is 35.5. The summed E-state index contributed by atoms with van der Waals surface area (Å²) in [4.78, 5) is 30.3. The average molecular weight is 521 g/mol. The molecule has 1 amide bonds. The van der Waals surface area contributed by atoms with Crippen LogP contribution in [-0.4, -0.2) is 44.1 Å². The van der Waals surface area contributed by atoms with Crippen molar-refractivity contribution >= 4 is 40.4 Å². The summed E-state index contributed by atoms with van der Waals surface area (Å²) in [6.07, 6.45) is -0.0732. The van der Waals surface area contributed by atoms with Crippen molar-refractivity contribution in [2.45, 2.75) is 26.0 Å². The molecule has 8 heteroatoms. The molecular formula is C29H29ClN2O5. The van der Waals surface area contributed by atoms with E-state index in [0.717, 1.165) is 5.69 Å². The Labute approximate surface area is 221 Å². The first-order chi connectivity index (χ1) is 17.6. The first-order valence-electron chi connectivity index (χ1n) is 11.8. The number of hydrogen-bond donors (Lipinski definition) is 1. The van der Waals surface area contributed by atoms with Gasteiger partial charge in [0.25, 0.3) is 11.7 Å². The van der Waals surface area contributed by atoms with Gasteiger partial charge in [-0.15, -0.1) is 0 Å². The van der Waals surface area contributed by atoms with Gasteiger partial charge < -0.3 is 19.5 Å². The van der Waals surface area contributed by atoms with Gasteiger partial charge in [0.2, 0.25) is 0 Å². The highest BCUT2D eigenvalue weighted by Gasteiger charge is 2.47. The topological polar surface area (TPSA) is 79.3 Å². The third-order valence-electron chi connectivity index (χ3n) is 6.05. The van der Waals surface area contributed by atoms with Crippen LogP contribution in [0.4, 0.5) is 11.4 Å². The van der Waals surface area contributed by atoms with Crippen LogP contribution in [0.2, 0.25) is 5.02 Å². The van der Waals surface area contributed by atoms with E-state index in [-0.39, 0.29) is 23.0 Å². The molecule has 1 heterocycles. The molecule has 0 radical (unpaired) electrons. The molecule has 192 valence electrons. The number of hydrogen-bond acceptors (Lipinski definition) is 6. The van der Waals surface area contributed by atoms with Crippen LogP contribution in [0, 0.1) is 0 Å². The van der Waals surface area contributed by atoms with E-state index in [4.69, 9.17) is 21.1 Å². The lowest BCUT2D eigenvalue weighted by Crippen LogP contribution is -2.29. The number of carbonyl (C=O) groups is 2. The van der Waals surface area contributed by atoms with Gasteiger partial charge in [-0.2, -0.15) is 0 Å². The van der Waals surface area contributed by atoms with E-state index in [9.17, 15) is 14.7 Å². The van der Waals surface area contributed by atoms with Gasteiger partial charge in [-0.3, -0.25) is 14.5 Å². The van der Waals surface area contributed by atoms with Crippen molar-refractivity contribution in [3.05, 3.63) is 88.5 Å². The fourth-order valence-electron chi connectivity index (χ4n) is 4.37. The Kier molecular flexibility index (Phi) is 7.45. The van der Waals surface area contributed by atoms with Crippen LogP contribution in [0.15, 0.2) is 72.3 Å². The van der Waals surface area contributed by atoms with E-state index in [1.807, 2.05) is 51.0 Å². The van der Waals surface area contributed by atoms with E-state index < -0.39 is 17.7 Å². The number of halogens is 1. The zero-order valence-electron chi connectivity index (χ0n) is 21.4. The van der Waals surface area contributed by atoms with E-state index in [1.54, 1.807) is 42.5 Å². The summed E-state index contributed by atoms with van der Waals surface area (Å²) in [5.41, 5.74) is 2.22. The van der Waals surface area contributed by atoms with E-state index in [0.29, 0.717) is 27.8 Å². The molecule has 1 unspecified atom stereocenters. The molecule has 37 heavy (non-hydrogen) atoms. The monoisotopic (exact) mass is 520 g/mol. The highest BCUT2D eigenvalue weighted by Crippen LogP contribution is 2.44. The molecule has 0 aliphatic carbocycles. The fourth-order valence-corrected chi connectivity index (χ4v) is 4.54. The minimum atomic E-state index is -0.912. The van der Waals surface area contributed by atoms with Crippen molar-refractivity contribution in [3.8, 4) is 11.5 Å². The summed E-state index contributed by atoms with van der Waals surface area (Å²) in [6.45, 7) is 3.83. The number of rotatable bonds is 7. The lowest BCUT2D eigenvalue weighted by Gasteiger charge is -2.26. The summed E-state index contributed by atoms with van der Waals surface area (Å²) in [5.74, 6) is -1.03. The van der Waals surface area contributed by atoms with Gasteiger partial charge in [-0.05, 0) is 74.0 Å². The first-order valence-corrected chi connectivity index (χ1v) is 12.2. The number of Topliss-reactive ketones (excluding diaryl/α,β-unsaturated/α-hetero) is 1. The second-order valence-corrected chi connectivity index (χ2v) is 9.60. The highest BCUT2D eigenvalue weighted by molar-refractivity contribution is 6.51. The Morgan fingerprint density at radius 1 is 1.03 bits per heavy atom. The summed E-state index contributed by atoms with van der Waals surface area (Å²) in [7, 11) is 5.29. The number of aliphatic hydroxyl groups is 1. The predicted octanol–water partition coefficient (Wildman–Crippen LogP) is 5.83. The van der Waals surface area contributed by atoms with E-state index in [2.05, 4.69) is 0 Å². The smallest absolute Gasteiger partial charge is 0.300 e. The number of methoxy groups -OCH3 is 1. The molecule has 1 saturated heterocycles. The predicted molar refractivity (Wildman–Crippen MR) is 146 cm³/mol. The number of benzene rings is 3. The largest absolute Gasteiger partial charge is 0.507 e. The van der Waals surface area contributed by atoms with Crippen LogP contribution >= 0.6 is 11.6 Å². The SMILES string of the molecule is COc1ccc(Cl)cc1/C(O)=C1\C(=O)C(=O)N(c2ccc(N(C)C)cc2)C1c1cccc(OC(C)C)c1. The number of ether oxygens (including phenoxy) is 2. The van der Waals surface area contributed by atoms with Crippen LogP contribution in [0.1, 0.15) is 31.0 Å². The minimum Gasteiger partial charge on any atom is -0.507 e. The molecule has 4 rings (SSSR count). The second-order valence-electron chi connectivity index (χ2n) is 9.16. The van der Waals surface area contributed by atoms with Crippen molar-refractivity contribution in [2.24, 2.45) is 0 Å². The van der Waals surface area contributed by atoms with Gasteiger partial charge in [-0.1, -0.05) is 23.7 Å². The molecule has 3 aromatic rings. The molecule has 7 nitrogen and oxygen atoms in total. The number of ketones is 1. The van der Waals surface area contributed by atoms with Crippen LogP contribution in [0.3, 0.4) is 0 Å². The Balaban J connectivity index is 1.95. The Morgan fingerprint density at radius 2 is 1.73 bits per heavy atom. The van der Waals surface area contributed by atoms with Crippen molar-refractivity contribution < 1.29 is 24.2 Å². The van der Waals surface area contributed by atoms with E-state index >= 15 is 0 Å². The number of aliphatic hydroxyl groups excluding tert-OH is 1. The van der Waals surface area contributed by atoms with Gasteiger partial charge in [0.15, 0.2) is 0 Å². The Morgan fingerprint density at radius 3 is 2.35 bits per heavy atom. The summed E-state index contributed by atoms with van der Waals surface area (Å²) < 4.78 is 11.3. The van der Waals surface area contributed by atoms with Crippen molar-refractivity contribution in [1.82, 2.24) is 0 Å². The number of amides is 1. The van der Waals surface area contributed by atoms with Gasteiger partial charge >= 0.3 is 0 Å². The third-order valence-corrected chi connectivity index (χ3v) is 6.29. The minimum absolute atomic E-state index is 0.0658. The zero-order valence-corrected chi connectivity index (χ0v) is 22.1. The lowest BCUT2D eigenvalue weighted by atomic mass is 9.94.